The molecule has 0 aliphatic rings. The number of hydrogen-bond donors (Lipinski definition) is 2. The summed E-state index contributed by atoms with van der Waals surface area (Å²) in [6, 6.07) is 14.9. The van der Waals surface area contributed by atoms with Gasteiger partial charge in [0, 0.05) is 43.3 Å². The van der Waals surface area contributed by atoms with Crippen LogP contribution in [-0.2, 0) is 22.6 Å². The standard InChI is InChI=1S/C21H20N4O2/c1-15(26)25-19-7-4-16(5-8-19)11-21(27)24-13-17-6-9-20(23-12-17)18-3-2-10-22-14-18/h2-10,12,14H,11,13H2,1H3,(H,24,27)(H,25,26). The van der Waals surface area contributed by atoms with Gasteiger partial charge >= 0.3 is 0 Å². The number of amides is 2. The molecule has 6 nitrogen and oxygen atoms in total. The Kier molecular flexibility index (Phi) is 5.89. The van der Waals surface area contributed by atoms with Crippen LogP contribution in [0.3, 0.4) is 0 Å². The first-order chi connectivity index (χ1) is 13.1. The zero-order valence-corrected chi connectivity index (χ0v) is 15.0. The van der Waals surface area contributed by atoms with Crippen LogP contribution in [0.1, 0.15) is 18.1 Å². The normalized spacial score (nSPS) is 10.3. The van der Waals surface area contributed by atoms with E-state index in [2.05, 4.69) is 20.6 Å². The highest BCUT2D eigenvalue weighted by Crippen LogP contribution is 2.15. The van der Waals surface area contributed by atoms with Crippen molar-refractivity contribution >= 4 is 17.5 Å². The highest BCUT2D eigenvalue weighted by molar-refractivity contribution is 5.88. The molecule has 0 aliphatic heterocycles. The van der Waals surface area contributed by atoms with Crippen molar-refractivity contribution in [2.75, 3.05) is 5.32 Å². The molecule has 2 N–H and O–H groups in total. The van der Waals surface area contributed by atoms with Crippen molar-refractivity contribution in [2.45, 2.75) is 19.9 Å². The fourth-order valence-electron chi connectivity index (χ4n) is 2.57. The van der Waals surface area contributed by atoms with Crippen molar-refractivity contribution in [3.8, 4) is 11.3 Å². The molecule has 3 aromatic rings. The number of carbonyl (C=O) groups excluding carboxylic acids is 2. The first-order valence-corrected chi connectivity index (χ1v) is 8.59. The zero-order chi connectivity index (χ0) is 19.1. The molecule has 0 saturated carbocycles. The third-order valence-electron chi connectivity index (χ3n) is 3.91. The molecular weight excluding hydrogens is 340 g/mol. The Morgan fingerprint density at radius 1 is 0.963 bits per heavy atom. The fourth-order valence-corrected chi connectivity index (χ4v) is 2.57. The predicted molar refractivity (Wildman–Crippen MR) is 104 cm³/mol. The molecule has 6 heteroatoms. The number of carbonyl (C=O) groups is 2. The van der Waals surface area contributed by atoms with Crippen LogP contribution in [0.25, 0.3) is 11.3 Å². The molecule has 0 bridgehead atoms. The number of aromatic nitrogens is 2. The molecule has 0 radical (unpaired) electrons. The molecule has 2 amide bonds. The van der Waals surface area contributed by atoms with Crippen molar-refractivity contribution in [1.82, 2.24) is 15.3 Å². The van der Waals surface area contributed by atoms with E-state index in [-0.39, 0.29) is 18.2 Å². The van der Waals surface area contributed by atoms with Gasteiger partial charge in [-0.25, -0.2) is 0 Å². The van der Waals surface area contributed by atoms with E-state index >= 15 is 0 Å². The summed E-state index contributed by atoms with van der Waals surface area (Å²) in [6.07, 6.45) is 5.52. The number of hydrogen-bond acceptors (Lipinski definition) is 4. The lowest BCUT2D eigenvalue weighted by molar-refractivity contribution is -0.120. The molecule has 2 aromatic heterocycles. The maximum Gasteiger partial charge on any atom is 0.224 e. The summed E-state index contributed by atoms with van der Waals surface area (Å²) in [4.78, 5) is 31.6. The van der Waals surface area contributed by atoms with Gasteiger partial charge in [0.25, 0.3) is 0 Å². The van der Waals surface area contributed by atoms with Crippen LogP contribution in [0.2, 0.25) is 0 Å². The molecule has 0 atom stereocenters. The zero-order valence-electron chi connectivity index (χ0n) is 15.0. The second kappa shape index (κ2) is 8.71. The van der Waals surface area contributed by atoms with Crippen molar-refractivity contribution in [2.24, 2.45) is 0 Å². The number of pyridine rings is 2. The van der Waals surface area contributed by atoms with Gasteiger partial charge in [0.1, 0.15) is 0 Å². The van der Waals surface area contributed by atoms with Gasteiger partial charge in [-0.2, -0.15) is 0 Å². The van der Waals surface area contributed by atoms with Gasteiger partial charge in [-0.15, -0.1) is 0 Å². The van der Waals surface area contributed by atoms with Gasteiger partial charge in [-0.05, 0) is 41.5 Å². The van der Waals surface area contributed by atoms with E-state index in [9.17, 15) is 9.59 Å². The van der Waals surface area contributed by atoms with Crippen molar-refractivity contribution < 1.29 is 9.59 Å². The van der Waals surface area contributed by atoms with E-state index in [4.69, 9.17) is 0 Å². The maximum atomic E-state index is 12.1. The van der Waals surface area contributed by atoms with Crippen LogP contribution in [0.15, 0.2) is 67.1 Å². The van der Waals surface area contributed by atoms with Gasteiger partial charge in [0.15, 0.2) is 0 Å². The summed E-state index contributed by atoms with van der Waals surface area (Å²) >= 11 is 0. The lowest BCUT2D eigenvalue weighted by Crippen LogP contribution is -2.24. The van der Waals surface area contributed by atoms with Crippen molar-refractivity contribution in [3.63, 3.8) is 0 Å². The molecule has 0 unspecified atom stereocenters. The van der Waals surface area contributed by atoms with Gasteiger partial charge in [0.05, 0.1) is 12.1 Å². The molecular formula is C21H20N4O2. The summed E-state index contributed by atoms with van der Waals surface area (Å²) in [5, 5.41) is 5.59. The number of nitrogens with one attached hydrogen (secondary N) is 2. The van der Waals surface area contributed by atoms with Gasteiger partial charge < -0.3 is 10.6 Å². The van der Waals surface area contributed by atoms with E-state index < -0.39 is 0 Å². The summed E-state index contributed by atoms with van der Waals surface area (Å²) in [6.45, 7) is 1.88. The molecule has 0 aliphatic carbocycles. The minimum atomic E-state index is -0.122. The van der Waals surface area contributed by atoms with Crippen LogP contribution >= 0.6 is 0 Å². The summed E-state index contributed by atoms with van der Waals surface area (Å²) < 4.78 is 0. The van der Waals surface area contributed by atoms with Gasteiger partial charge in [-0.3, -0.25) is 19.6 Å². The number of nitrogens with zero attached hydrogens (tertiary/aromatic N) is 2. The van der Waals surface area contributed by atoms with E-state index in [1.54, 1.807) is 30.7 Å². The first kappa shape index (κ1) is 18.3. The highest BCUT2D eigenvalue weighted by Gasteiger charge is 2.05. The fraction of sp³-hybridized carbons (Fsp3) is 0.143. The third-order valence-corrected chi connectivity index (χ3v) is 3.91. The SMILES string of the molecule is CC(=O)Nc1ccc(CC(=O)NCc2ccc(-c3cccnc3)nc2)cc1. The van der Waals surface area contributed by atoms with Crippen LogP contribution < -0.4 is 10.6 Å². The molecule has 3 rings (SSSR count). The lowest BCUT2D eigenvalue weighted by atomic mass is 10.1. The predicted octanol–water partition coefficient (Wildman–Crippen LogP) is 2.96. The topological polar surface area (TPSA) is 84.0 Å². The number of rotatable bonds is 6. The molecule has 0 fully saturated rings. The molecule has 1 aromatic carbocycles. The monoisotopic (exact) mass is 360 g/mol. The van der Waals surface area contributed by atoms with E-state index in [1.165, 1.54) is 6.92 Å². The third kappa shape index (κ3) is 5.47. The second-order valence-corrected chi connectivity index (χ2v) is 6.13. The average molecular weight is 360 g/mol. The number of benzene rings is 1. The minimum Gasteiger partial charge on any atom is -0.352 e. The second-order valence-electron chi connectivity index (χ2n) is 6.13. The minimum absolute atomic E-state index is 0.0707. The van der Waals surface area contributed by atoms with Crippen molar-refractivity contribution in [3.05, 3.63) is 78.2 Å². The molecule has 0 spiro atoms. The Bertz CT molecular complexity index is 907. The Hall–Kier alpha value is -3.54. The summed E-state index contributed by atoms with van der Waals surface area (Å²) in [5.74, 6) is -0.192. The van der Waals surface area contributed by atoms with Gasteiger partial charge in [-0.1, -0.05) is 18.2 Å². The first-order valence-electron chi connectivity index (χ1n) is 8.59. The summed E-state index contributed by atoms with van der Waals surface area (Å²) in [7, 11) is 0. The Morgan fingerprint density at radius 2 is 1.74 bits per heavy atom. The molecule has 0 saturated heterocycles. The maximum absolute atomic E-state index is 12.1. The molecule has 2 heterocycles. The van der Waals surface area contributed by atoms with E-state index in [0.29, 0.717) is 12.2 Å². The van der Waals surface area contributed by atoms with Gasteiger partial charge in [0.2, 0.25) is 11.8 Å². The van der Waals surface area contributed by atoms with Crippen LogP contribution in [0.5, 0.6) is 0 Å². The van der Waals surface area contributed by atoms with Crippen LogP contribution in [0.4, 0.5) is 5.69 Å². The van der Waals surface area contributed by atoms with Crippen LogP contribution in [-0.4, -0.2) is 21.8 Å². The molecule has 136 valence electrons. The smallest absolute Gasteiger partial charge is 0.224 e. The lowest BCUT2D eigenvalue weighted by Gasteiger charge is -2.07. The Balaban J connectivity index is 1.51. The summed E-state index contributed by atoms with van der Waals surface area (Å²) in [5.41, 5.74) is 4.32. The Morgan fingerprint density at radius 3 is 2.37 bits per heavy atom. The Labute approximate surface area is 157 Å². The highest BCUT2D eigenvalue weighted by atomic mass is 16.2. The largest absolute Gasteiger partial charge is 0.352 e. The van der Waals surface area contributed by atoms with E-state index in [1.807, 2.05) is 36.4 Å². The van der Waals surface area contributed by atoms with Crippen molar-refractivity contribution in [1.29, 1.82) is 0 Å². The average Bonchev–Trinajstić information content (AvgIpc) is 2.69. The quantitative estimate of drug-likeness (QED) is 0.708. The van der Waals surface area contributed by atoms with E-state index in [0.717, 1.165) is 22.4 Å². The number of anilines is 1. The van der Waals surface area contributed by atoms with Crippen LogP contribution in [0, 0.1) is 0 Å². The molecule has 27 heavy (non-hydrogen) atoms.